The van der Waals surface area contributed by atoms with Crippen molar-refractivity contribution in [3.8, 4) is 0 Å². The second-order valence-electron chi connectivity index (χ2n) is 6.80. The first-order chi connectivity index (χ1) is 13.5. The van der Waals surface area contributed by atoms with E-state index in [4.69, 9.17) is 16.3 Å². The number of aromatic nitrogens is 1. The van der Waals surface area contributed by atoms with Gasteiger partial charge in [0.05, 0.1) is 29.5 Å². The molecule has 2 aromatic rings. The first-order valence-corrected chi connectivity index (χ1v) is 11.2. The number of morpholine rings is 1. The summed E-state index contributed by atoms with van der Waals surface area (Å²) in [5, 5.41) is 0.682. The number of rotatable bonds is 5. The Morgan fingerprint density at radius 1 is 1.39 bits per heavy atom. The maximum absolute atomic E-state index is 12.8. The highest BCUT2D eigenvalue weighted by Crippen LogP contribution is 2.31. The first-order valence-electron chi connectivity index (χ1n) is 9.18. The lowest BCUT2D eigenvalue weighted by Crippen LogP contribution is -2.52. The van der Waals surface area contributed by atoms with Gasteiger partial charge >= 0.3 is 0 Å². The Bertz CT molecular complexity index is 887. The van der Waals surface area contributed by atoms with E-state index in [9.17, 15) is 9.59 Å². The summed E-state index contributed by atoms with van der Waals surface area (Å²) in [6.07, 6.45) is 0.670. The van der Waals surface area contributed by atoms with Gasteiger partial charge in [0.2, 0.25) is 11.8 Å². The minimum absolute atomic E-state index is 0.00648. The highest BCUT2D eigenvalue weighted by molar-refractivity contribution is 7.99. The molecule has 1 N–H and O–H groups in total. The number of ether oxygens (including phenoxy) is 1. The summed E-state index contributed by atoms with van der Waals surface area (Å²) in [5.41, 5.74) is 0.891. The van der Waals surface area contributed by atoms with Crippen LogP contribution in [-0.4, -0.2) is 71.5 Å². The van der Waals surface area contributed by atoms with E-state index < -0.39 is 6.04 Å². The Morgan fingerprint density at radius 2 is 2.18 bits per heavy atom. The molecule has 2 amide bonds. The van der Waals surface area contributed by atoms with E-state index in [0.29, 0.717) is 44.3 Å². The minimum Gasteiger partial charge on any atom is -0.378 e. The van der Waals surface area contributed by atoms with Crippen molar-refractivity contribution in [3.63, 3.8) is 0 Å². The van der Waals surface area contributed by atoms with E-state index in [1.165, 1.54) is 23.3 Å². The Morgan fingerprint density at radius 3 is 2.96 bits per heavy atom. The Hall–Kier alpha value is -1.39. The fourth-order valence-electron chi connectivity index (χ4n) is 3.42. The van der Waals surface area contributed by atoms with Gasteiger partial charge in [0.1, 0.15) is 6.04 Å². The number of carbonyl (C=O) groups excluding carboxylic acids is 2. The molecule has 0 radical (unpaired) electrons. The van der Waals surface area contributed by atoms with Gasteiger partial charge in [-0.1, -0.05) is 11.6 Å². The molecule has 2 atom stereocenters. The molecule has 0 aliphatic carbocycles. The van der Waals surface area contributed by atoms with Crippen LogP contribution in [0.5, 0.6) is 0 Å². The van der Waals surface area contributed by atoms with Crippen LogP contribution >= 0.6 is 34.9 Å². The zero-order valence-corrected chi connectivity index (χ0v) is 17.8. The van der Waals surface area contributed by atoms with Gasteiger partial charge in [-0.15, -0.1) is 11.3 Å². The van der Waals surface area contributed by atoms with Crippen LogP contribution in [0.25, 0.3) is 10.2 Å². The van der Waals surface area contributed by atoms with E-state index in [2.05, 4.69) is 9.71 Å². The Labute approximate surface area is 176 Å². The van der Waals surface area contributed by atoms with Crippen molar-refractivity contribution >= 4 is 56.9 Å². The summed E-state index contributed by atoms with van der Waals surface area (Å²) in [7, 11) is 0. The fraction of sp³-hybridized carbons (Fsp3) is 0.500. The molecular formula is C18H21ClN4O3S2. The normalized spacial score (nSPS) is 21.5. The van der Waals surface area contributed by atoms with Crippen LogP contribution in [0.15, 0.2) is 22.5 Å². The molecule has 28 heavy (non-hydrogen) atoms. The van der Waals surface area contributed by atoms with Gasteiger partial charge in [0, 0.05) is 24.7 Å². The predicted octanol–water partition coefficient (Wildman–Crippen LogP) is 2.39. The van der Waals surface area contributed by atoms with Crippen LogP contribution < -0.4 is 4.72 Å². The number of likely N-dealkylation sites (tertiary alicyclic amines) is 1. The third kappa shape index (κ3) is 4.13. The second kappa shape index (κ2) is 8.54. The number of carbonyl (C=O) groups is 2. The SMILES string of the molecule is C[C@@H](C(=O)N1CCOCC1)N1CC[C@H](NSc2nc3ccc(Cl)cc3s2)C1=O. The monoisotopic (exact) mass is 440 g/mol. The van der Waals surface area contributed by atoms with E-state index >= 15 is 0 Å². The number of nitrogens with zero attached hydrogens (tertiary/aromatic N) is 3. The average Bonchev–Trinajstić information content (AvgIpc) is 3.28. The molecule has 10 heteroatoms. The van der Waals surface area contributed by atoms with Crippen molar-refractivity contribution in [2.45, 2.75) is 29.8 Å². The van der Waals surface area contributed by atoms with E-state index in [1.807, 2.05) is 25.1 Å². The molecule has 150 valence electrons. The average molecular weight is 441 g/mol. The molecule has 4 rings (SSSR count). The van der Waals surface area contributed by atoms with Crippen molar-refractivity contribution in [1.82, 2.24) is 19.5 Å². The minimum atomic E-state index is -0.452. The largest absolute Gasteiger partial charge is 0.378 e. The van der Waals surface area contributed by atoms with Crippen molar-refractivity contribution in [2.24, 2.45) is 0 Å². The maximum Gasteiger partial charge on any atom is 0.245 e. The molecule has 2 aliphatic heterocycles. The molecule has 0 bridgehead atoms. The lowest BCUT2D eigenvalue weighted by atomic mass is 10.2. The van der Waals surface area contributed by atoms with Crippen molar-refractivity contribution < 1.29 is 14.3 Å². The number of thiazole rings is 1. The molecule has 2 aliphatic rings. The predicted molar refractivity (Wildman–Crippen MR) is 111 cm³/mol. The van der Waals surface area contributed by atoms with Gasteiger partial charge in [0.25, 0.3) is 0 Å². The molecular weight excluding hydrogens is 420 g/mol. The zero-order chi connectivity index (χ0) is 19.7. The summed E-state index contributed by atoms with van der Waals surface area (Å²) in [5.74, 6) is -0.0428. The summed E-state index contributed by atoms with van der Waals surface area (Å²) >= 11 is 8.92. The molecule has 0 spiro atoms. The third-order valence-electron chi connectivity index (χ3n) is 5.01. The highest BCUT2D eigenvalue weighted by atomic mass is 35.5. The van der Waals surface area contributed by atoms with Crippen LogP contribution in [0.4, 0.5) is 0 Å². The van der Waals surface area contributed by atoms with Crippen LogP contribution in [0, 0.1) is 0 Å². The molecule has 1 aromatic carbocycles. The highest BCUT2D eigenvalue weighted by Gasteiger charge is 2.38. The maximum atomic E-state index is 12.8. The topological polar surface area (TPSA) is 74.8 Å². The van der Waals surface area contributed by atoms with Gasteiger partial charge in [0.15, 0.2) is 4.34 Å². The smallest absolute Gasteiger partial charge is 0.245 e. The Kier molecular flexibility index (Phi) is 6.07. The number of hydrogen-bond acceptors (Lipinski definition) is 7. The van der Waals surface area contributed by atoms with Gasteiger partial charge in [-0.05, 0) is 43.5 Å². The molecule has 2 fully saturated rings. The van der Waals surface area contributed by atoms with Crippen LogP contribution in [-0.2, 0) is 14.3 Å². The molecule has 2 saturated heterocycles. The van der Waals surface area contributed by atoms with Gasteiger partial charge < -0.3 is 14.5 Å². The number of nitrogens with one attached hydrogen (secondary N) is 1. The lowest BCUT2D eigenvalue weighted by molar-refractivity contribution is -0.146. The molecule has 0 saturated carbocycles. The zero-order valence-electron chi connectivity index (χ0n) is 15.4. The number of fused-ring (bicyclic) bond motifs is 1. The lowest BCUT2D eigenvalue weighted by Gasteiger charge is -2.32. The van der Waals surface area contributed by atoms with Crippen LogP contribution in [0.2, 0.25) is 5.02 Å². The van der Waals surface area contributed by atoms with Crippen molar-refractivity contribution in [3.05, 3.63) is 23.2 Å². The van der Waals surface area contributed by atoms with Crippen LogP contribution in [0.1, 0.15) is 13.3 Å². The quantitative estimate of drug-likeness (QED) is 0.719. The van der Waals surface area contributed by atoms with E-state index in [0.717, 1.165) is 14.6 Å². The van der Waals surface area contributed by atoms with Gasteiger partial charge in [-0.3, -0.25) is 9.59 Å². The van der Waals surface area contributed by atoms with Crippen molar-refractivity contribution in [1.29, 1.82) is 0 Å². The second-order valence-corrected chi connectivity index (χ2v) is 9.35. The molecule has 1 aromatic heterocycles. The molecule has 3 heterocycles. The molecule has 7 nitrogen and oxygen atoms in total. The van der Waals surface area contributed by atoms with Crippen LogP contribution in [0.3, 0.4) is 0 Å². The Balaban J connectivity index is 1.35. The van der Waals surface area contributed by atoms with E-state index in [-0.39, 0.29) is 17.9 Å². The number of halogens is 1. The van der Waals surface area contributed by atoms with E-state index in [1.54, 1.807) is 9.80 Å². The van der Waals surface area contributed by atoms with Gasteiger partial charge in [-0.25, -0.2) is 9.71 Å². The standard InChI is InChI=1S/C18H21ClN4O3S2/c1-11(16(24)22-6-8-26-9-7-22)23-5-4-14(17(23)25)21-28-18-20-13-3-2-12(19)10-15(13)27-18/h2-3,10-11,14,21H,4-9H2,1H3/t11-,14-/m0/s1. The number of amides is 2. The summed E-state index contributed by atoms with van der Waals surface area (Å²) in [6, 6.07) is 4.82. The molecule has 0 unspecified atom stereocenters. The number of hydrogen-bond donors (Lipinski definition) is 1. The van der Waals surface area contributed by atoms with Gasteiger partial charge in [-0.2, -0.15) is 0 Å². The summed E-state index contributed by atoms with van der Waals surface area (Å²) in [6.45, 7) is 4.67. The first kappa shape index (κ1) is 19.9. The number of benzene rings is 1. The summed E-state index contributed by atoms with van der Waals surface area (Å²) < 4.78 is 10.4. The third-order valence-corrected chi connectivity index (χ3v) is 7.22. The fourth-order valence-corrected chi connectivity index (χ4v) is 5.58. The van der Waals surface area contributed by atoms with Crippen molar-refractivity contribution in [2.75, 3.05) is 32.8 Å². The summed E-state index contributed by atoms with van der Waals surface area (Å²) in [4.78, 5) is 33.5.